The number of hydrogen-bond donors (Lipinski definition) is 2. The largest absolute Gasteiger partial charge is 0.473 e. The van der Waals surface area contributed by atoms with Gasteiger partial charge in [-0.25, -0.2) is 0 Å². The van der Waals surface area contributed by atoms with E-state index in [2.05, 4.69) is 0 Å². The lowest BCUT2D eigenvalue weighted by Crippen LogP contribution is -2.65. The van der Waals surface area contributed by atoms with Gasteiger partial charge in [0.05, 0.1) is 49.3 Å². The molecule has 136 valence electrons. The van der Waals surface area contributed by atoms with Crippen LogP contribution in [-0.2, 0) is 19.1 Å². The Labute approximate surface area is 149 Å². The molecule has 8 heteroatoms. The summed E-state index contributed by atoms with van der Waals surface area (Å²) >= 11 is 0. The van der Waals surface area contributed by atoms with Gasteiger partial charge in [-0.05, 0) is 23.3 Å². The molecule has 8 nitrogen and oxygen atoms in total. The van der Waals surface area contributed by atoms with Crippen LogP contribution in [0.15, 0.2) is 48.3 Å². The average molecular weight is 358 g/mol. The molecule has 5 heterocycles. The molecule has 0 bridgehead atoms. The van der Waals surface area contributed by atoms with Crippen molar-refractivity contribution in [3.8, 4) is 0 Å². The predicted molar refractivity (Wildman–Crippen MR) is 86.7 cm³/mol. The Kier molecular flexibility index (Phi) is 3.29. The van der Waals surface area contributed by atoms with Crippen molar-refractivity contribution < 1.29 is 29.3 Å². The second kappa shape index (κ2) is 5.46. The Hall–Kier alpha value is -2.58. The van der Waals surface area contributed by atoms with E-state index in [1.807, 2.05) is 0 Å². The summed E-state index contributed by atoms with van der Waals surface area (Å²) in [6, 6.07) is -2.59. The molecule has 0 aliphatic carbocycles. The maximum Gasteiger partial charge on any atom is 0.247 e. The Morgan fingerprint density at radius 3 is 1.65 bits per heavy atom. The number of rotatable bonds is 0. The fraction of sp³-hybridized carbons (Fsp3) is 0.444. The van der Waals surface area contributed by atoms with Crippen LogP contribution in [0.5, 0.6) is 0 Å². The first-order valence-corrected chi connectivity index (χ1v) is 8.60. The van der Waals surface area contributed by atoms with Gasteiger partial charge in [-0.15, -0.1) is 0 Å². The molecule has 0 aromatic heterocycles. The quantitative estimate of drug-likeness (QED) is 0.607. The molecule has 5 aliphatic rings. The number of carbonyl (C=O) groups excluding carboxylic acids is 2. The zero-order valence-electron chi connectivity index (χ0n) is 13.8. The van der Waals surface area contributed by atoms with Crippen molar-refractivity contribution in [1.82, 2.24) is 9.80 Å². The summed E-state index contributed by atoms with van der Waals surface area (Å²) in [6.45, 7) is 0. The molecule has 3 saturated heterocycles. The van der Waals surface area contributed by atoms with Crippen LogP contribution in [0.25, 0.3) is 0 Å². The lowest BCUT2D eigenvalue weighted by atomic mass is 10.0. The maximum atomic E-state index is 13.2. The van der Waals surface area contributed by atoms with Crippen molar-refractivity contribution >= 4 is 11.8 Å². The highest BCUT2D eigenvalue weighted by molar-refractivity contribution is 6.00. The summed E-state index contributed by atoms with van der Waals surface area (Å²) in [5.41, 5.74) is 1.44. The van der Waals surface area contributed by atoms with Crippen molar-refractivity contribution in [2.75, 3.05) is 0 Å². The van der Waals surface area contributed by atoms with E-state index in [9.17, 15) is 19.8 Å². The molecule has 5 rings (SSSR count). The van der Waals surface area contributed by atoms with Crippen LogP contribution < -0.4 is 0 Å². The first kappa shape index (κ1) is 15.7. The Balaban J connectivity index is 1.56. The highest BCUT2D eigenvalue weighted by Crippen LogP contribution is 2.44. The molecular weight excluding hydrogens is 340 g/mol. The van der Waals surface area contributed by atoms with Gasteiger partial charge in [0.1, 0.15) is 12.1 Å². The number of piperazine rings is 1. The Bertz CT molecular complexity index is 734. The van der Waals surface area contributed by atoms with Gasteiger partial charge in [-0.2, -0.15) is 0 Å². The third-order valence-electron chi connectivity index (χ3n) is 5.76. The molecule has 3 fully saturated rings. The number of amides is 2. The van der Waals surface area contributed by atoms with Gasteiger partial charge in [0.2, 0.25) is 11.8 Å². The summed E-state index contributed by atoms with van der Waals surface area (Å²) in [7, 11) is 0. The molecule has 5 aliphatic heterocycles. The minimum atomic E-state index is -0.931. The highest BCUT2D eigenvalue weighted by Gasteiger charge is 2.59. The number of carbonyl (C=O) groups is 2. The fourth-order valence-electron chi connectivity index (χ4n) is 4.69. The Morgan fingerprint density at radius 2 is 1.23 bits per heavy atom. The summed E-state index contributed by atoms with van der Waals surface area (Å²) < 4.78 is 10.5. The number of fused-ring (bicyclic) bond motifs is 6. The van der Waals surface area contributed by atoms with Crippen molar-refractivity contribution in [3.05, 3.63) is 48.3 Å². The van der Waals surface area contributed by atoms with E-state index in [1.54, 1.807) is 0 Å². The van der Waals surface area contributed by atoms with Crippen molar-refractivity contribution in [3.63, 3.8) is 0 Å². The third kappa shape index (κ3) is 1.96. The lowest BCUT2D eigenvalue weighted by molar-refractivity contribution is -0.163. The minimum absolute atomic E-state index is 0.220. The molecule has 6 atom stereocenters. The maximum absolute atomic E-state index is 13.2. The minimum Gasteiger partial charge on any atom is -0.473 e. The third-order valence-corrected chi connectivity index (χ3v) is 5.76. The van der Waals surface area contributed by atoms with E-state index in [1.165, 1.54) is 47.0 Å². The first-order chi connectivity index (χ1) is 12.6. The van der Waals surface area contributed by atoms with Crippen LogP contribution in [0.1, 0.15) is 12.8 Å². The van der Waals surface area contributed by atoms with Crippen LogP contribution in [-0.4, -0.2) is 68.2 Å². The molecule has 0 radical (unpaired) electrons. The van der Waals surface area contributed by atoms with E-state index in [-0.39, 0.29) is 11.8 Å². The first-order valence-electron chi connectivity index (χ1n) is 8.60. The van der Waals surface area contributed by atoms with E-state index < -0.39 is 36.4 Å². The van der Waals surface area contributed by atoms with Gasteiger partial charge in [0, 0.05) is 12.8 Å². The van der Waals surface area contributed by atoms with Crippen LogP contribution in [0.2, 0.25) is 0 Å². The van der Waals surface area contributed by atoms with Gasteiger partial charge >= 0.3 is 0 Å². The van der Waals surface area contributed by atoms with Crippen molar-refractivity contribution in [1.29, 1.82) is 0 Å². The zero-order valence-corrected chi connectivity index (χ0v) is 13.8. The molecular formula is C18H18N2O6. The number of hydrogen-bond acceptors (Lipinski definition) is 6. The molecule has 26 heavy (non-hydrogen) atoms. The van der Waals surface area contributed by atoms with E-state index >= 15 is 0 Å². The molecule has 0 aromatic rings. The van der Waals surface area contributed by atoms with Crippen LogP contribution in [0.4, 0.5) is 0 Å². The van der Waals surface area contributed by atoms with Crippen LogP contribution in [0, 0.1) is 0 Å². The zero-order chi connectivity index (χ0) is 18.0. The summed E-state index contributed by atoms with van der Waals surface area (Å²) in [5.74, 6) is -0.440. The van der Waals surface area contributed by atoms with Crippen molar-refractivity contribution in [2.24, 2.45) is 0 Å². The van der Waals surface area contributed by atoms with Gasteiger partial charge in [-0.3, -0.25) is 9.59 Å². The molecule has 2 amide bonds. The highest BCUT2D eigenvalue weighted by atomic mass is 16.5. The SMILES string of the molecule is O=C1[C@@H]2CC3=COC=C[C@@H](O)[C@H]3N2C(=O)[C@@H]2CC3=COC=C[C@@H](O)[C@H]3N12. The van der Waals surface area contributed by atoms with Gasteiger partial charge in [0.15, 0.2) is 0 Å². The topological polar surface area (TPSA) is 99.5 Å². The summed E-state index contributed by atoms with van der Waals surface area (Å²) in [5, 5.41) is 20.8. The van der Waals surface area contributed by atoms with E-state index in [4.69, 9.17) is 9.47 Å². The summed E-state index contributed by atoms with van der Waals surface area (Å²) in [4.78, 5) is 29.5. The number of aliphatic hydroxyl groups is 2. The molecule has 0 spiro atoms. The molecule has 0 saturated carbocycles. The number of aliphatic hydroxyl groups excluding tert-OH is 2. The van der Waals surface area contributed by atoms with Gasteiger partial charge < -0.3 is 29.5 Å². The monoisotopic (exact) mass is 358 g/mol. The van der Waals surface area contributed by atoms with Crippen molar-refractivity contribution in [2.45, 2.75) is 49.2 Å². The number of ether oxygens (including phenoxy) is 2. The second-order valence-electron chi connectivity index (χ2n) is 7.12. The van der Waals surface area contributed by atoms with Gasteiger partial charge in [0.25, 0.3) is 0 Å². The molecule has 2 N–H and O–H groups in total. The molecule has 0 unspecified atom stereocenters. The predicted octanol–water partition coefficient (Wildman–Crippen LogP) is -0.484. The number of nitrogens with zero attached hydrogens (tertiary/aromatic N) is 2. The van der Waals surface area contributed by atoms with Crippen LogP contribution >= 0.6 is 0 Å². The average Bonchev–Trinajstić information content (AvgIpc) is 3.08. The smallest absolute Gasteiger partial charge is 0.247 e. The molecule has 0 aromatic carbocycles. The fourth-order valence-corrected chi connectivity index (χ4v) is 4.69. The van der Waals surface area contributed by atoms with Crippen LogP contribution in [0.3, 0.4) is 0 Å². The normalized spacial score (nSPS) is 40.4. The lowest BCUT2D eigenvalue weighted by Gasteiger charge is -2.43. The standard InChI is InChI=1S/C18H18N2O6/c21-13-1-3-25-7-9-5-11-18(24)20-12(17(23)19(11)15(9)13)6-10-8-26-4-2-14(22)16(10)20/h1-4,7-8,11-16,21-22H,5-6H2/t11-,12-,13+,14+,15-,16-/m0/s1. The second-order valence-corrected chi connectivity index (χ2v) is 7.12. The van der Waals surface area contributed by atoms with E-state index in [0.29, 0.717) is 12.8 Å². The van der Waals surface area contributed by atoms with E-state index in [0.717, 1.165) is 11.1 Å². The Morgan fingerprint density at radius 1 is 0.808 bits per heavy atom. The van der Waals surface area contributed by atoms with Gasteiger partial charge in [-0.1, -0.05) is 0 Å². The summed E-state index contributed by atoms with van der Waals surface area (Å²) in [6.07, 6.45) is 7.48.